The van der Waals surface area contributed by atoms with Crippen molar-refractivity contribution in [2.24, 2.45) is 0 Å². The second-order valence-electron chi connectivity index (χ2n) is 7.07. The summed E-state index contributed by atoms with van der Waals surface area (Å²) in [6.45, 7) is 2.28. The number of carbonyl (C=O) groups is 1. The molecule has 1 aliphatic rings. The van der Waals surface area contributed by atoms with E-state index in [0.717, 1.165) is 11.1 Å². The number of rotatable bonds is 4. The van der Waals surface area contributed by atoms with Gasteiger partial charge < -0.3 is 10.6 Å². The van der Waals surface area contributed by atoms with E-state index < -0.39 is 10.0 Å². The Morgan fingerprint density at radius 1 is 0.933 bits per heavy atom. The maximum atomic E-state index is 13.0. The molecule has 0 saturated heterocycles. The molecule has 0 aliphatic carbocycles. The Balaban J connectivity index is 1.50. The number of amides is 2. The van der Waals surface area contributed by atoms with Crippen LogP contribution >= 0.6 is 11.6 Å². The highest BCUT2D eigenvalue weighted by molar-refractivity contribution is 7.92. The van der Waals surface area contributed by atoms with Crippen LogP contribution in [0.2, 0.25) is 5.02 Å². The van der Waals surface area contributed by atoms with Crippen molar-refractivity contribution in [3.05, 3.63) is 82.9 Å². The third-order valence-electron chi connectivity index (χ3n) is 4.90. The van der Waals surface area contributed by atoms with Gasteiger partial charge in [0, 0.05) is 22.9 Å². The largest absolute Gasteiger partial charge is 0.323 e. The molecule has 1 heterocycles. The first kappa shape index (κ1) is 20.3. The molecule has 154 valence electrons. The fourth-order valence-electron chi connectivity index (χ4n) is 3.36. The standard InChI is InChI=1S/C22H20ClN3O3S/c1-15-2-9-20(10-3-15)30(28,29)26-13-12-16-14-19(8-11-21(16)26)25-22(27)24-18-6-4-17(23)5-7-18/h2-11,14H,12-13H2,1H3,(H2,24,25,27). The van der Waals surface area contributed by atoms with Crippen LogP contribution in [0, 0.1) is 6.92 Å². The quantitative estimate of drug-likeness (QED) is 0.595. The smallest absolute Gasteiger partial charge is 0.308 e. The van der Waals surface area contributed by atoms with Crippen molar-refractivity contribution in [3.8, 4) is 0 Å². The summed E-state index contributed by atoms with van der Waals surface area (Å²) in [6.07, 6.45) is 0.578. The molecule has 6 nitrogen and oxygen atoms in total. The van der Waals surface area contributed by atoms with E-state index in [1.54, 1.807) is 66.7 Å². The van der Waals surface area contributed by atoms with Crippen LogP contribution < -0.4 is 14.9 Å². The Morgan fingerprint density at radius 2 is 1.57 bits per heavy atom. The number of fused-ring (bicyclic) bond motifs is 1. The van der Waals surface area contributed by atoms with Crippen molar-refractivity contribution in [2.45, 2.75) is 18.2 Å². The third-order valence-corrected chi connectivity index (χ3v) is 6.98. The molecule has 0 spiro atoms. The van der Waals surface area contributed by atoms with Gasteiger partial charge in [-0.05, 0) is 73.5 Å². The molecule has 8 heteroatoms. The van der Waals surface area contributed by atoms with Crippen molar-refractivity contribution in [3.63, 3.8) is 0 Å². The average Bonchev–Trinajstić information content (AvgIpc) is 3.14. The van der Waals surface area contributed by atoms with Gasteiger partial charge in [0.2, 0.25) is 0 Å². The summed E-state index contributed by atoms with van der Waals surface area (Å²) >= 11 is 5.85. The van der Waals surface area contributed by atoms with Gasteiger partial charge in [0.05, 0.1) is 10.6 Å². The lowest BCUT2D eigenvalue weighted by atomic mass is 10.1. The van der Waals surface area contributed by atoms with Crippen LogP contribution in [0.4, 0.5) is 21.9 Å². The molecule has 0 radical (unpaired) electrons. The zero-order valence-electron chi connectivity index (χ0n) is 16.2. The molecule has 2 N–H and O–H groups in total. The predicted octanol–water partition coefficient (Wildman–Crippen LogP) is 5.04. The van der Waals surface area contributed by atoms with Gasteiger partial charge in [-0.25, -0.2) is 13.2 Å². The van der Waals surface area contributed by atoms with Gasteiger partial charge in [-0.2, -0.15) is 0 Å². The summed E-state index contributed by atoms with van der Waals surface area (Å²) < 4.78 is 27.5. The van der Waals surface area contributed by atoms with Crippen molar-refractivity contribution in [1.82, 2.24) is 0 Å². The first-order chi connectivity index (χ1) is 14.3. The first-order valence-electron chi connectivity index (χ1n) is 9.39. The fraction of sp³-hybridized carbons (Fsp3) is 0.136. The number of carbonyl (C=O) groups excluding carboxylic acids is 1. The number of hydrogen-bond donors (Lipinski definition) is 2. The molecule has 1 aliphatic heterocycles. The van der Waals surface area contributed by atoms with E-state index in [1.165, 1.54) is 4.31 Å². The Morgan fingerprint density at radius 3 is 2.27 bits per heavy atom. The summed E-state index contributed by atoms with van der Waals surface area (Å²) in [5.74, 6) is 0. The van der Waals surface area contributed by atoms with Crippen LogP contribution in [-0.4, -0.2) is 21.0 Å². The van der Waals surface area contributed by atoms with Crippen molar-refractivity contribution >= 4 is 44.7 Å². The molecule has 30 heavy (non-hydrogen) atoms. The predicted molar refractivity (Wildman–Crippen MR) is 120 cm³/mol. The number of nitrogens with zero attached hydrogens (tertiary/aromatic N) is 1. The topological polar surface area (TPSA) is 78.5 Å². The number of hydrogen-bond acceptors (Lipinski definition) is 3. The highest BCUT2D eigenvalue weighted by atomic mass is 35.5. The number of anilines is 3. The zero-order chi connectivity index (χ0) is 21.3. The number of halogens is 1. The van der Waals surface area contributed by atoms with Gasteiger partial charge in [-0.3, -0.25) is 4.31 Å². The molecule has 3 aromatic carbocycles. The van der Waals surface area contributed by atoms with E-state index in [-0.39, 0.29) is 10.9 Å². The Kier molecular flexibility index (Phi) is 5.40. The Labute approximate surface area is 180 Å². The van der Waals surface area contributed by atoms with Crippen molar-refractivity contribution < 1.29 is 13.2 Å². The fourth-order valence-corrected chi connectivity index (χ4v) is 4.99. The van der Waals surface area contributed by atoms with Gasteiger partial charge in [0.25, 0.3) is 10.0 Å². The molecule has 0 aromatic heterocycles. The first-order valence-corrected chi connectivity index (χ1v) is 11.2. The van der Waals surface area contributed by atoms with Crippen LogP contribution in [0.25, 0.3) is 0 Å². The maximum absolute atomic E-state index is 13.0. The summed E-state index contributed by atoms with van der Waals surface area (Å²) in [5, 5.41) is 6.09. The number of urea groups is 1. The van der Waals surface area contributed by atoms with E-state index in [2.05, 4.69) is 10.6 Å². The van der Waals surface area contributed by atoms with Gasteiger partial charge in [-0.1, -0.05) is 29.3 Å². The zero-order valence-corrected chi connectivity index (χ0v) is 17.8. The monoisotopic (exact) mass is 441 g/mol. The lowest BCUT2D eigenvalue weighted by molar-refractivity contribution is 0.262. The summed E-state index contributed by atoms with van der Waals surface area (Å²) in [7, 11) is -3.63. The van der Waals surface area contributed by atoms with Crippen LogP contribution in [0.5, 0.6) is 0 Å². The lowest BCUT2D eigenvalue weighted by Crippen LogP contribution is -2.29. The lowest BCUT2D eigenvalue weighted by Gasteiger charge is -2.20. The average molecular weight is 442 g/mol. The molecule has 0 unspecified atom stereocenters. The second kappa shape index (κ2) is 8.01. The van der Waals surface area contributed by atoms with Gasteiger partial charge in [0.1, 0.15) is 0 Å². The molecule has 4 rings (SSSR count). The van der Waals surface area contributed by atoms with Crippen LogP contribution in [0.1, 0.15) is 11.1 Å². The molecule has 3 aromatic rings. The third kappa shape index (κ3) is 4.13. The number of sulfonamides is 1. The SMILES string of the molecule is Cc1ccc(S(=O)(=O)N2CCc3cc(NC(=O)Nc4ccc(Cl)cc4)ccc32)cc1. The Bertz CT molecular complexity index is 1190. The van der Waals surface area contributed by atoms with Crippen LogP contribution in [0.15, 0.2) is 71.6 Å². The molecule has 0 bridgehead atoms. The summed E-state index contributed by atoms with van der Waals surface area (Å²) in [6, 6.07) is 18.5. The van der Waals surface area contributed by atoms with E-state index in [0.29, 0.717) is 35.1 Å². The van der Waals surface area contributed by atoms with Crippen molar-refractivity contribution in [1.29, 1.82) is 0 Å². The van der Waals surface area contributed by atoms with E-state index in [9.17, 15) is 13.2 Å². The minimum Gasteiger partial charge on any atom is -0.308 e. The maximum Gasteiger partial charge on any atom is 0.323 e. The molecular weight excluding hydrogens is 422 g/mol. The highest BCUT2D eigenvalue weighted by Gasteiger charge is 2.31. The Hall–Kier alpha value is -3.03. The van der Waals surface area contributed by atoms with Gasteiger partial charge in [-0.15, -0.1) is 0 Å². The van der Waals surface area contributed by atoms with E-state index >= 15 is 0 Å². The van der Waals surface area contributed by atoms with E-state index in [4.69, 9.17) is 11.6 Å². The molecule has 0 atom stereocenters. The molecular formula is C22H20ClN3O3S. The summed E-state index contributed by atoms with van der Waals surface area (Å²) in [4.78, 5) is 12.5. The minimum absolute atomic E-state index is 0.269. The summed E-state index contributed by atoms with van der Waals surface area (Å²) in [5.41, 5.74) is 3.72. The number of aryl methyl sites for hydroxylation is 1. The van der Waals surface area contributed by atoms with Crippen LogP contribution in [-0.2, 0) is 16.4 Å². The van der Waals surface area contributed by atoms with Crippen LogP contribution in [0.3, 0.4) is 0 Å². The molecule has 0 fully saturated rings. The number of benzene rings is 3. The van der Waals surface area contributed by atoms with E-state index in [1.807, 2.05) is 6.92 Å². The molecule has 2 amide bonds. The normalized spacial score (nSPS) is 13.1. The second-order valence-corrected chi connectivity index (χ2v) is 9.37. The highest BCUT2D eigenvalue weighted by Crippen LogP contribution is 2.34. The minimum atomic E-state index is -3.63. The van der Waals surface area contributed by atoms with Gasteiger partial charge >= 0.3 is 6.03 Å². The van der Waals surface area contributed by atoms with Crippen molar-refractivity contribution in [2.75, 3.05) is 21.5 Å². The van der Waals surface area contributed by atoms with Gasteiger partial charge in [0.15, 0.2) is 0 Å². The number of nitrogens with one attached hydrogen (secondary N) is 2. The molecule has 0 saturated carbocycles.